The molecule has 2 aromatic rings. The number of hydrogen-bond donors (Lipinski definition) is 1. The lowest BCUT2D eigenvalue weighted by molar-refractivity contribution is -0.132. The van der Waals surface area contributed by atoms with E-state index in [-0.39, 0.29) is 22.3 Å². The molecule has 1 saturated heterocycles. The van der Waals surface area contributed by atoms with Crippen molar-refractivity contribution in [3.05, 3.63) is 62.3 Å². The zero-order valence-electron chi connectivity index (χ0n) is 17.3. The summed E-state index contributed by atoms with van der Waals surface area (Å²) in [4.78, 5) is 35.3. The van der Waals surface area contributed by atoms with Gasteiger partial charge in [0.15, 0.2) is 0 Å². The number of amides is 1. The Morgan fingerprint density at radius 1 is 1.21 bits per heavy atom. The Morgan fingerprint density at radius 2 is 1.90 bits per heavy atom. The average Bonchev–Trinajstić information content (AvgIpc) is 3.02. The quantitative estimate of drug-likeness (QED) is 0.814. The first-order valence-electron chi connectivity index (χ1n) is 10.3. The van der Waals surface area contributed by atoms with Crippen LogP contribution >= 0.6 is 11.6 Å². The monoisotopic (exact) mass is 413 g/mol. The van der Waals surface area contributed by atoms with Gasteiger partial charge in [-0.15, -0.1) is 0 Å². The Hall–Kier alpha value is -2.14. The second-order valence-electron chi connectivity index (χ2n) is 9.42. The third-order valence-electron chi connectivity index (χ3n) is 6.45. The van der Waals surface area contributed by atoms with Crippen LogP contribution in [-0.4, -0.2) is 33.9 Å². The molecular weight excluding hydrogens is 386 g/mol. The second kappa shape index (κ2) is 7.28. The van der Waals surface area contributed by atoms with Gasteiger partial charge in [-0.2, -0.15) is 0 Å². The van der Waals surface area contributed by atoms with E-state index in [4.69, 9.17) is 16.6 Å². The van der Waals surface area contributed by atoms with Crippen molar-refractivity contribution >= 4 is 17.5 Å². The lowest BCUT2D eigenvalue weighted by Gasteiger charge is -2.39. The maximum atomic E-state index is 12.8. The van der Waals surface area contributed by atoms with Crippen LogP contribution in [0.1, 0.15) is 62.7 Å². The smallest absolute Gasteiger partial charge is 0.254 e. The van der Waals surface area contributed by atoms with Crippen LogP contribution in [0.2, 0.25) is 5.02 Å². The third kappa shape index (κ3) is 3.73. The molecule has 1 aromatic carbocycles. The van der Waals surface area contributed by atoms with Gasteiger partial charge in [0.25, 0.3) is 5.56 Å². The molecular formula is C23H28ClN3O2. The summed E-state index contributed by atoms with van der Waals surface area (Å²) in [6.07, 6.45) is 3.76. The number of aromatic nitrogens is 2. The number of halogens is 1. The van der Waals surface area contributed by atoms with Gasteiger partial charge >= 0.3 is 0 Å². The summed E-state index contributed by atoms with van der Waals surface area (Å²) >= 11 is 6.22. The molecule has 0 bridgehead atoms. The summed E-state index contributed by atoms with van der Waals surface area (Å²) in [6.45, 7) is 7.59. The lowest BCUT2D eigenvalue weighted by atomic mass is 9.76. The van der Waals surface area contributed by atoms with Crippen molar-refractivity contribution in [3.63, 3.8) is 0 Å². The fraction of sp³-hybridized carbons (Fsp3) is 0.522. The fourth-order valence-corrected chi connectivity index (χ4v) is 4.80. The van der Waals surface area contributed by atoms with Crippen molar-refractivity contribution in [3.8, 4) is 0 Å². The molecule has 154 valence electrons. The van der Waals surface area contributed by atoms with Gasteiger partial charge in [-0.25, -0.2) is 4.98 Å². The Labute approximate surface area is 176 Å². The highest BCUT2D eigenvalue weighted by atomic mass is 35.5. The van der Waals surface area contributed by atoms with E-state index in [2.05, 4.69) is 25.8 Å². The number of H-pyrrole nitrogens is 1. The largest absolute Gasteiger partial charge is 0.342 e. The number of hydrogen-bond acceptors (Lipinski definition) is 3. The van der Waals surface area contributed by atoms with E-state index in [1.54, 1.807) is 0 Å². The van der Waals surface area contributed by atoms with Gasteiger partial charge in [-0.05, 0) is 37.3 Å². The number of rotatable bonds is 2. The van der Waals surface area contributed by atoms with Crippen molar-refractivity contribution in [2.24, 2.45) is 0 Å². The van der Waals surface area contributed by atoms with Gasteiger partial charge < -0.3 is 9.88 Å². The molecule has 0 atom stereocenters. The van der Waals surface area contributed by atoms with Crippen LogP contribution < -0.4 is 5.56 Å². The Balaban J connectivity index is 1.52. The van der Waals surface area contributed by atoms with Gasteiger partial charge in [0.05, 0.1) is 12.1 Å². The zero-order chi connectivity index (χ0) is 20.8. The number of nitrogens with one attached hydrogen (secondary N) is 1. The first-order chi connectivity index (χ1) is 13.7. The number of fused-ring (bicyclic) bond motifs is 2. The Kier molecular flexibility index (Phi) is 5.06. The number of nitrogens with zero attached hydrogens (tertiary/aromatic N) is 2. The minimum atomic E-state index is -0.205. The molecule has 1 amide bonds. The normalized spacial score (nSPS) is 18.1. The molecule has 1 N–H and O–H groups in total. The third-order valence-corrected chi connectivity index (χ3v) is 6.82. The Morgan fingerprint density at radius 3 is 2.55 bits per heavy atom. The summed E-state index contributed by atoms with van der Waals surface area (Å²) in [5, 5.41) is 0.636. The maximum Gasteiger partial charge on any atom is 0.254 e. The standard InChI is InChI=1S/C23H28ClN3O2/c1-22(2,3)21-25-19-16(20(29)26-21)8-9-23(19)10-12-27(13-11-23)18(28)14-15-6-4-5-7-17(15)24/h4-7H,8-14H2,1-3H3,(H,25,26,29). The van der Waals surface area contributed by atoms with Crippen molar-refractivity contribution in [1.82, 2.24) is 14.9 Å². The van der Waals surface area contributed by atoms with Gasteiger partial charge in [-0.3, -0.25) is 9.59 Å². The summed E-state index contributed by atoms with van der Waals surface area (Å²) in [6, 6.07) is 7.51. The molecule has 0 saturated carbocycles. The highest BCUT2D eigenvalue weighted by Gasteiger charge is 2.45. The molecule has 5 nitrogen and oxygen atoms in total. The van der Waals surface area contributed by atoms with E-state index in [0.717, 1.165) is 48.3 Å². The van der Waals surface area contributed by atoms with Crippen molar-refractivity contribution in [2.75, 3.05) is 13.1 Å². The van der Waals surface area contributed by atoms with Crippen LogP contribution in [0, 0.1) is 0 Å². The number of piperidine rings is 1. The van der Waals surface area contributed by atoms with Gasteiger partial charge in [0.1, 0.15) is 5.82 Å². The molecule has 2 heterocycles. The average molecular weight is 414 g/mol. The Bertz CT molecular complexity index is 998. The number of carbonyl (C=O) groups is 1. The second-order valence-corrected chi connectivity index (χ2v) is 9.83. The van der Waals surface area contributed by atoms with Crippen LogP contribution in [0.3, 0.4) is 0 Å². The van der Waals surface area contributed by atoms with E-state index >= 15 is 0 Å². The molecule has 6 heteroatoms. The van der Waals surface area contributed by atoms with Gasteiger partial charge in [0.2, 0.25) is 5.91 Å². The summed E-state index contributed by atoms with van der Waals surface area (Å²) in [5.74, 6) is 0.861. The van der Waals surface area contributed by atoms with E-state index in [9.17, 15) is 9.59 Å². The van der Waals surface area contributed by atoms with Crippen LogP contribution in [0.4, 0.5) is 0 Å². The summed E-state index contributed by atoms with van der Waals surface area (Å²) in [5.41, 5.74) is 2.41. The molecule has 1 aromatic heterocycles. The number of likely N-dealkylation sites (tertiary alicyclic amines) is 1. The molecule has 29 heavy (non-hydrogen) atoms. The highest BCUT2D eigenvalue weighted by molar-refractivity contribution is 6.31. The number of benzene rings is 1. The summed E-state index contributed by atoms with van der Waals surface area (Å²) < 4.78 is 0. The molecule has 1 aliphatic carbocycles. The highest BCUT2D eigenvalue weighted by Crippen LogP contribution is 2.44. The molecule has 1 aliphatic heterocycles. The minimum Gasteiger partial charge on any atom is -0.342 e. The van der Waals surface area contributed by atoms with Crippen molar-refractivity contribution < 1.29 is 4.79 Å². The van der Waals surface area contributed by atoms with Gasteiger partial charge in [-0.1, -0.05) is 50.6 Å². The number of carbonyl (C=O) groups excluding carboxylic acids is 1. The molecule has 0 unspecified atom stereocenters. The maximum absolute atomic E-state index is 12.8. The van der Waals surface area contributed by atoms with Crippen molar-refractivity contribution in [1.29, 1.82) is 0 Å². The summed E-state index contributed by atoms with van der Waals surface area (Å²) in [7, 11) is 0. The molecule has 1 spiro atoms. The van der Waals surface area contributed by atoms with Crippen LogP contribution in [0.5, 0.6) is 0 Å². The topological polar surface area (TPSA) is 66.1 Å². The fourth-order valence-electron chi connectivity index (χ4n) is 4.59. The van der Waals surface area contributed by atoms with Gasteiger partial charge in [0, 0.05) is 34.5 Å². The van der Waals surface area contributed by atoms with Crippen LogP contribution in [0.15, 0.2) is 29.1 Å². The lowest BCUT2D eigenvalue weighted by Crippen LogP contribution is -2.45. The predicted molar refractivity (Wildman–Crippen MR) is 115 cm³/mol. The van der Waals surface area contributed by atoms with Crippen LogP contribution in [-0.2, 0) is 28.5 Å². The first-order valence-corrected chi connectivity index (χ1v) is 10.7. The first kappa shape index (κ1) is 20.1. The molecule has 4 rings (SSSR count). The van der Waals surface area contributed by atoms with Crippen LogP contribution in [0.25, 0.3) is 0 Å². The molecule has 2 aliphatic rings. The SMILES string of the molecule is CC(C)(C)c1nc2c(c(=O)[nH]1)CCC21CCN(C(=O)Cc2ccccc2Cl)CC1. The van der Waals surface area contributed by atoms with Crippen molar-refractivity contribution in [2.45, 2.75) is 63.7 Å². The van der Waals surface area contributed by atoms with E-state index < -0.39 is 0 Å². The number of aromatic amines is 1. The zero-order valence-corrected chi connectivity index (χ0v) is 18.1. The predicted octanol–water partition coefficient (Wildman–Crippen LogP) is 3.77. The molecule has 0 radical (unpaired) electrons. The van der Waals surface area contributed by atoms with E-state index in [1.165, 1.54) is 0 Å². The molecule has 1 fully saturated rings. The van der Waals surface area contributed by atoms with E-state index in [1.807, 2.05) is 29.2 Å². The minimum absolute atomic E-state index is 0.00836. The van der Waals surface area contributed by atoms with E-state index in [0.29, 0.717) is 24.5 Å².